The second kappa shape index (κ2) is 16.0. The maximum absolute atomic E-state index is 0. The van der Waals surface area contributed by atoms with E-state index in [9.17, 15) is 0 Å². The summed E-state index contributed by atoms with van der Waals surface area (Å²) in [5.41, 5.74) is 0. The molecule has 0 atom stereocenters. The molecule has 0 aromatic rings. The van der Waals surface area contributed by atoms with Crippen LogP contribution in [0.5, 0.6) is 0 Å². The maximum atomic E-state index is 0. The molecule has 0 amide bonds. The Balaban J connectivity index is 0. The number of rotatable bonds is 0. The molecule has 0 saturated heterocycles. The summed E-state index contributed by atoms with van der Waals surface area (Å²) in [6.07, 6.45) is 0. The molecule has 0 aromatic heterocycles. The summed E-state index contributed by atoms with van der Waals surface area (Å²) in [5.74, 6) is 0. The van der Waals surface area contributed by atoms with E-state index in [-0.39, 0.29) is 113 Å². The largest absolute Gasteiger partial charge is 0.412 e. The van der Waals surface area contributed by atoms with E-state index < -0.39 is 0 Å². The van der Waals surface area contributed by atoms with E-state index >= 15 is 0 Å². The molecule has 4 heteroatoms. The van der Waals surface area contributed by atoms with Crippen LogP contribution in [0.4, 0.5) is 0 Å². The fourth-order valence-electron chi connectivity index (χ4n) is 0. The third kappa shape index (κ3) is 9.10. The van der Waals surface area contributed by atoms with Gasteiger partial charge in [-0.3, -0.25) is 0 Å². The summed E-state index contributed by atoms with van der Waals surface area (Å²) < 4.78 is 0. The van der Waals surface area contributed by atoms with E-state index in [1.807, 2.05) is 0 Å². The standard InChI is InChI=1S/Ba.H2O.Y.Zr/h;1H2;;. The molecule has 0 fully saturated rings. The molecule has 0 spiro atoms. The van der Waals surface area contributed by atoms with Crippen molar-refractivity contribution in [1.82, 2.24) is 0 Å². The summed E-state index contributed by atoms with van der Waals surface area (Å²) >= 11 is 0. The predicted octanol–water partition coefficient (Wildman–Crippen LogP) is -1.21. The molecule has 0 aliphatic rings. The summed E-state index contributed by atoms with van der Waals surface area (Å²) in [6.45, 7) is 0. The van der Waals surface area contributed by atoms with Crippen LogP contribution in [0.2, 0.25) is 0 Å². The first kappa shape index (κ1) is 25.8. The first-order valence-corrected chi connectivity index (χ1v) is 0. The molecule has 3 radical (unpaired) electrons. The van der Waals surface area contributed by atoms with E-state index in [2.05, 4.69) is 0 Å². The van der Waals surface area contributed by atoms with Crippen LogP contribution >= 0.6 is 0 Å². The van der Waals surface area contributed by atoms with Crippen LogP contribution in [0.25, 0.3) is 0 Å². The van der Waals surface area contributed by atoms with Gasteiger partial charge in [-0.1, -0.05) is 0 Å². The zero-order chi connectivity index (χ0) is 0. The average molecular weight is 335 g/mol. The van der Waals surface area contributed by atoms with Gasteiger partial charge < -0.3 is 5.48 Å². The van der Waals surface area contributed by atoms with Gasteiger partial charge in [0.1, 0.15) is 0 Å². The van der Waals surface area contributed by atoms with Gasteiger partial charge in [0.25, 0.3) is 0 Å². The number of hydrogen-bond donors (Lipinski definition) is 0. The van der Waals surface area contributed by atoms with Gasteiger partial charge in [0.2, 0.25) is 0 Å². The molecule has 1 nitrogen and oxygen atoms in total. The quantitative estimate of drug-likeness (QED) is 0.498. The second-order valence-electron chi connectivity index (χ2n) is 0. The van der Waals surface area contributed by atoms with Crippen molar-refractivity contribution in [1.29, 1.82) is 0 Å². The Morgan fingerprint density at radius 1 is 1.00 bits per heavy atom. The minimum Gasteiger partial charge on any atom is -0.412 e. The fourth-order valence-corrected chi connectivity index (χ4v) is 0. The van der Waals surface area contributed by atoms with Gasteiger partial charge in [-0.15, -0.1) is 0 Å². The van der Waals surface area contributed by atoms with Crippen molar-refractivity contribution < 1.29 is 64.4 Å². The van der Waals surface area contributed by atoms with Gasteiger partial charge >= 0.3 is 0 Å². The Bertz CT molecular complexity index is 8.00. The molecule has 0 unspecified atom stereocenters. The van der Waals surface area contributed by atoms with E-state index in [0.29, 0.717) is 0 Å². The number of hydrogen-bond acceptors (Lipinski definition) is 0. The summed E-state index contributed by atoms with van der Waals surface area (Å²) in [5, 5.41) is 0. The minimum absolute atomic E-state index is 0. The summed E-state index contributed by atoms with van der Waals surface area (Å²) in [4.78, 5) is 0. The Labute approximate surface area is 110 Å². The molecule has 4 heavy (non-hydrogen) atoms. The summed E-state index contributed by atoms with van der Waals surface area (Å²) in [6, 6.07) is 0. The normalized spacial score (nSPS) is 0. The van der Waals surface area contributed by atoms with Crippen molar-refractivity contribution in [2.75, 3.05) is 0 Å². The van der Waals surface area contributed by atoms with Crippen LogP contribution in [0, 0.1) is 0 Å². The molecule has 0 bridgehead atoms. The first-order valence-electron chi connectivity index (χ1n) is 0. The SMILES string of the molecule is O.[Ba].[Y].[Zr]. The monoisotopic (exact) mass is 335 g/mol. The molecular weight excluding hydrogens is 333 g/mol. The van der Waals surface area contributed by atoms with Crippen molar-refractivity contribution in [3.8, 4) is 0 Å². The zero-order valence-corrected chi connectivity index (χ0v) is 12.0. The predicted molar refractivity (Wildman–Crippen MR) is 9.37 cm³/mol. The molecule has 0 aromatic carbocycles. The van der Waals surface area contributed by atoms with Crippen LogP contribution in [-0.4, -0.2) is 54.4 Å². The van der Waals surface area contributed by atoms with E-state index in [1.165, 1.54) is 0 Å². The molecule has 0 aliphatic heterocycles. The molecule has 0 aliphatic carbocycles. The van der Waals surface area contributed by atoms with Gasteiger partial charge in [0.15, 0.2) is 0 Å². The van der Waals surface area contributed by atoms with Gasteiger partial charge in [-0.2, -0.15) is 0 Å². The first-order chi connectivity index (χ1) is 0. The van der Waals surface area contributed by atoms with Crippen LogP contribution < -0.4 is 0 Å². The molecule has 0 rings (SSSR count). The maximum Gasteiger partial charge on any atom is 0 e. The summed E-state index contributed by atoms with van der Waals surface area (Å²) in [7, 11) is 0. The molecular formula is H2BaOYZr. The minimum atomic E-state index is 0. The topological polar surface area (TPSA) is 31.5 Å². The van der Waals surface area contributed by atoms with Gasteiger partial charge in [0, 0.05) is 108 Å². The van der Waals surface area contributed by atoms with E-state index in [4.69, 9.17) is 0 Å². The van der Waals surface area contributed by atoms with Crippen LogP contribution in [-0.2, 0) is 58.9 Å². The van der Waals surface area contributed by atoms with E-state index in [1.54, 1.807) is 0 Å². The van der Waals surface area contributed by atoms with Gasteiger partial charge in [0.05, 0.1) is 0 Å². The van der Waals surface area contributed by atoms with E-state index in [0.717, 1.165) is 0 Å². The Morgan fingerprint density at radius 3 is 1.00 bits per heavy atom. The van der Waals surface area contributed by atoms with Crippen molar-refractivity contribution in [2.24, 2.45) is 0 Å². The Kier molecular flexibility index (Phi) is 103. The Morgan fingerprint density at radius 2 is 1.00 bits per heavy atom. The van der Waals surface area contributed by atoms with Crippen LogP contribution in [0.1, 0.15) is 0 Å². The third-order valence-corrected chi connectivity index (χ3v) is 0. The van der Waals surface area contributed by atoms with Crippen LogP contribution in [0.3, 0.4) is 0 Å². The molecule has 0 heterocycles. The fraction of sp³-hybridized carbons (Fsp3) is 0. The van der Waals surface area contributed by atoms with Gasteiger partial charge in [-0.25, -0.2) is 0 Å². The molecule has 0 saturated carbocycles. The molecule has 2 N–H and O–H groups in total. The second-order valence-corrected chi connectivity index (χ2v) is 0. The van der Waals surface area contributed by atoms with Crippen molar-refractivity contribution in [3.63, 3.8) is 0 Å². The van der Waals surface area contributed by atoms with Crippen molar-refractivity contribution >= 4 is 48.9 Å². The third-order valence-electron chi connectivity index (χ3n) is 0. The van der Waals surface area contributed by atoms with Crippen LogP contribution in [0.15, 0.2) is 0 Å². The van der Waals surface area contributed by atoms with Crippen molar-refractivity contribution in [2.45, 2.75) is 0 Å². The Hall–Kier alpha value is 3.52. The molecule has 17 valence electrons. The average Bonchev–Trinajstić information content (AvgIpc) is 0. The van der Waals surface area contributed by atoms with Gasteiger partial charge in [-0.05, 0) is 0 Å². The smallest absolute Gasteiger partial charge is 0 e. The van der Waals surface area contributed by atoms with Crippen molar-refractivity contribution in [3.05, 3.63) is 0 Å². The zero-order valence-electron chi connectivity index (χ0n) is 2.28.